The van der Waals surface area contributed by atoms with E-state index in [1.54, 1.807) is 0 Å². The van der Waals surface area contributed by atoms with Crippen LogP contribution >= 0.6 is 15.6 Å². The van der Waals surface area contributed by atoms with E-state index in [2.05, 4.69) is 35.6 Å². The lowest BCUT2D eigenvalue weighted by Crippen LogP contribution is -2.36. The Balaban J connectivity index is 0.768. The fourth-order valence-corrected chi connectivity index (χ4v) is 9.71. The average molecular weight is 1070 g/mol. The number of hydrogen-bond acceptors (Lipinski definition) is 24. The van der Waals surface area contributed by atoms with Crippen molar-refractivity contribution in [3.8, 4) is 0 Å². The van der Waals surface area contributed by atoms with Crippen LogP contribution in [0.25, 0.3) is 22.3 Å². The van der Waals surface area contributed by atoms with Crippen molar-refractivity contribution in [3.63, 3.8) is 0 Å². The summed E-state index contributed by atoms with van der Waals surface area (Å²) >= 11 is 0. The Bertz CT molecular complexity index is 2810. The number of nitrogens with one attached hydrogen (secondary N) is 3. The number of phosphoric ester groups is 2. The lowest BCUT2D eigenvalue weighted by Gasteiger charge is -2.25. The summed E-state index contributed by atoms with van der Waals surface area (Å²) in [5, 5.41) is 28.0. The number of imidazole rings is 2. The maximum absolute atomic E-state index is 13.5. The Labute approximate surface area is 411 Å². The molecule has 4 unspecified atom stereocenters. The number of anilines is 2. The summed E-state index contributed by atoms with van der Waals surface area (Å²) in [5.74, 6) is -1.94. The number of fused-ring (bicyclic) bond motifs is 5. The number of H-pyrrole nitrogens is 1. The van der Waals surface area contributed by atoms with Gasteiger partial charge in [-0.1, -0.05) is 0 Å². The van der Waals surface area contributed by atoms with Crippen LogP contribution in [0.2, 0.25) is 0 Å². The summed E-state index contributed by atoms with van der Waals surface area (Å²) in [6, 6.07) is 1.47. The van der Waals surface area contributed by atoms with Crippen molar-refractivity contribution in [1.82, 2.24) is 44.3 Å². The molecule has 34 heteroatoms. The number of aromatic nitrogens is 7. The number of phosphoric acid groups is 2. The molecule has 0 saturated carbocycles. The summed E-state index contributed by atoms with van der Waals surface area (Å²) in [7, 11) is -10.4. The van der Waals surface area contributed by atoms with Crippen molar-refractivity contribution in [2.75, 3.05) is 90.2 Å². The average Bonchev–Trinajstić information content (AvgIpc) is 4.17. The molecule has 9 N–H and O–H groups in total. The third-order valence-corrected chi connectivity index (χ3v) is 13.3. The predicted molar refractivity (Wildman–Crippen MR) is 241 cm³/mol. The Morgan fingerprint density at radius 2 is 1.33 bits per heavy atom. The number of amides is 4. The van der Waals surface area contributed by atoms with Gasteiger partial charge >= 0.3 is 15.6 Å². The molecular weight excluding hydrogens is 1020 g/mol. The van der Waals surface area contributed by atoms with Crippen LogP contribution in [-0.4, -0.2) is 198 Å². The molecule has 4 aromatic heterocycles. The highest BCUT2D eigenvalue weighted by atomic mass is 31.2. The van der Waals surface area contributed by atoms with Crippen LogP contribution in [0.4, 0.5) is 11.6 Å². The van der Waals surface area contributed by atoms with Crippen molar-refractivity contribution >= 4 is 73.2 Å². The van der Waals surface area contributed by atoms with E-state index in [-0.39, 0.29) is 112 Å². The van der Waals surface area contributed by atoms with Gasteiger partial charge in [0.2, 0.25) is 17.8 Å². The largest absolute Gasteiger partial charge is 0.472 e. The van der Waals surface area contributed by atoms with Crippen molar-refractivity contribution in [2.45, 2.75) is 61.9 Å². The molecule has 0 spiro atoms. The van der Waals surface area contributed by atoms with E-state index in [0.29, 0.717) is 6.61 Å². The van der Waals surface area contributed by atoms with Gasteiger partial charge in [-0.25, -0.2) is 24.1 Å². The number of aromatic amines is 1. The molecule has 10 atom stereocenters. The first-order valence-corrected chi connectivity index (χ1v) is 25.4. The smallest absolute Gasteiger partial charge is 0.387 e. The number of nitrogens with two attached hydrogens (primary N) is 1. The molecule has 3 saturated heterocycles. The molecule has 4 aromatic rings. The molecule has 398 valence electrons. The molecule has 4 amide bonds. The third kappa shape index (κ3) is 13.2. The van der Waals surface area contributed by atoms with Gasteiger partial charge in [-0.05, 0) is 6.07 Å². The molecule has 8 heterocycles. The number of nitrogen functional groups attached to an aromatic ring is 1. The summed E-state index contributed by atoms with van der Waals surface area (Å²) in [6.45, 7) is 0.317. The summed E-state index contributed by atoms with van der Waals surface area (Å²) < 4.78 is 84.1. The first kappa shape index (κ1) is 53.8. The van der Waals surface area contributed by atoms with E-state index >= 15 is 0 Å². The van der Waals surface area contributed by atoms with Gasteiger partial charge < -0.3 is 64.8 Å². The van der Waals surface area contributed by atoms with E-state index < -0.39 is 101 Å². The summed E-state index contributed by atoms with van der Waals surface area (Å²) in [4.78, 5) is 102. The van der Waals surface area contributed by atoms with E-state index in [9.17, 15) is 53.1 Å². The zero-order chi connectivity index (χ0) is 51.9. The van der Waals surface area contributed by atoms with Gasteiger partial charge in [0.15, 0.2) is 29.3 Å². The molecule has 4 aliphatic heterocycles. The van der Waals surface area contributed by atoms with Gasteiger partial charge in [-0.2, -0.15) is 4.98 Å². The molecule has 3 fully saturated rings. The van der Waals surface area contributed by atoms with Crippen molar-refractivity contribution in [1.29, 1.82) is 0 Å². The van der Waals surface area contributed by atoms with Gasteiger partial charge in [-0.15, -0.1) is 0 Å². The summed E-state index contributed by atoms with van der Waals surface area (Å²) in [6.07, 6.45) is -7.43. The Hall–Kier alpha value is -5.51. The van der Waals surface area contributed by atoms with Gasteiger partial charge in [0.1, 0.15) is 42.1 Å². The lowest BCUT2D eigenvalue weighted by molar-refractivity contribution is -0.137. The molecule has 4 aliphatic rings. The van der Waals surface area contributed by atoms with E-state index in [4.69, 9.17) is 52.2 Å². The van der Waals surface area contributed by atoms with Gasteiger partial charge in [-0.3, -0.25) is 61.1 Å². The number of nitrogens with zero attached hydrogens (tertiary/aromatic N) is 7. The van der Waals surface area contributed by atoms with E-state index in [1.165, 1.54) is 23.2 Å². The minimum atomic E-state index is -5.22. The Morgan fingerprint density at radius 3 is 2.01 bits per heavy atom. The number of carbonyl (C=O) groups is 4. The molecule has 73 heavy (non-hydrogen) atoms. The highest BCUT2D eigenvalue weighted by Crippen LogP contribution is 2.54. The molecule has 2 bridgehead atoms. The van der Waals surface area contributed by atoms with E-state index in [1.807, 2.05) is 0 Å². The fraction of sp³-hybridized carbons (Fsp3) is 0.564. The number of hydrogen-bond donors (Lipinski definition) is 8. The Kier molecular flexibility index (Phi) is 17.5. The van der Waals surface area contributed by atoms with Crippen LogP contribution in [0, 0.1) is 0 Å². The fourth-order valence-electron chi connectivity index (χ4n) is 7.82. The van der Waals surface area contributed by atoms with Gasteiger partial charge in [0, 0.05) is 37.9 Å². The second-order valence-corrected chi connectivity index (χ2v) is 19.1. The first-order chi connectivity index (χ1) is 35.0. The van der Waals surface area contributed by atoms with Crippen molar-refractivity contribution < 1.29 is 94.8 Å². The zero-order valence-corrected chi connectivity index (χ0v) is 40.1. The van der Waals surface area contributed by atoms with Crippen LogP contribution in [0.15, 0.2) is 41.9 Å². The molecule has 8 rings (SSSR count). The maximum atomic E-state index is 13.5. The standard InChI is InChI=1S/C39H51N11O21P2/c40-39-46-35-29(36(57)47-39)44-20-50(35)37-31(56)32-23(69-37)18-67-73(60,61)71-33-30(55)22(17-66-72(58,59)70-32)68-38(33)49-19-43-28-21(3-6-42-34(28)49)45-25(52)5-9-62-11-13-64-15-16-65-14-12-63-10-7-41-24(51)4-8-48-26(53)1-2-27(48)54/h1-3,6,19-20,22-23,30-33,37-38,55-56H,4-5,7-18H2,(H,41,51)(H,58,59)(H,60,61)(H,42,45,52)(H3,40,46,47,57)/t22-,23-,30+,31?,32+,33?,37-,38-/m1/s1. The van der Waals surface area contributed by atoms with Gasteiger partial charge in [0.25, 0.3) is 17.4 Å². The highest BCUT2D eigenvalue weighted by Gasteiger charge is 2.54. The van der Waals surface area contributed by atoms with Crippen molar-refractivity contribution in [3.05, 3.63) is 47.4 Å². The highest BCUT2D eigenvalue weighted by molar-refractivity contribution is 7.47. The molecule has 0 radical (unpaired) electrons. The second-order valence-electron chi connectivity index (χ2n) is 16.2. The normalized spacial score (nSPS) is 28.6. The monoisotopic (exact) mass is 1070 g/mol. The first-order valence-electron chi connectivity index (χ1n) is 22.4. The third-order valence-electron chi connectivity index (χ3n) is 11.3. The van der Waals surface area contributed by atoms with Crippen LogP contribution < -0.4 is 21.9 Å². The van der Waals surface area contributed by atoms with Crippen molar-refractivity contribution in [2.24, 2.45) is 0 Å². The predicted octanol–water partition coefficient (Wildman–Crippen LogP) is -2.49. The number of aliphatic hydroxyl groups is 2. The summed E-state index contributed by atoms with van der Waals surface area (Å²) in [5.41, 5.74) is 5.06. The number of carbonyl (C=O) groups excluding carboxylic acids is 4. The second kappa shape index (κ2) is 23.8. The zero-order valence-electron chi connectivity index (χ0n) is 38.3. The minimum Gasteiger partial charge on any atom is -0.387 e. The quantitative estimate of drug-likeness (QED) is 0.0243. The van der Waals surface area contributed by atoms with Crippen LogP contribution in [0.1, 0.15) is 25.3 Å². The number of rotatable bonds is 21. The van der Waals surface area contributed by atoms with E-state index in [0.717, 1.165) is 27.9 Å². The van der Waals surface area contributed by atoms with Crippen LogP contribution in [0.3, 0.4) is 0 Å². The molecule has 0 aromatic carbocycles. The molecule has 0 aliphatic carbocycles. The molecular formula is C39H51N11O21P2. The number of ether oxygens (including phenoxy) is 6. The maximum Gasteiger partial charge on any atom is 0.472 e. The van der Waals surface area contributed by atoms with Gasteiger partial charge in [0.05, 0.1) is 90.8 Å². The van der Waals surface area contributed by atoms with Crippen LogP contribution in [0.5, 0.6) is 0 Å². The Morgan fingerprint density at radius 1 is 0.740 bits per heavy atom. The number of imide groups is 1. The topological polar surface area (TPSA) is 423 Å². The SMILES string of the molecule is Nc1nc2c(ncn2[C@@H]2O[C@@H]3COP(=O)(O)OC4[C@@H](O)[C@@H](COP(=O)(O)O[C@@H]3C2O)O[C@H]4n2cnc3c(NC(=O)CCOCCOCCOCCOCCNC(=O)CCN4C(=O)C=CC4=O)ccnc32)c(=O)[nH]1. The molecule has 32 nitrogen and oxygen atoms in total. The number of aliphatic hydroxyl groups excluding tert-OH is 2. The number of pyridine rings is 1. The minimum absolute atomic E-state index is 0.00278. The van der Waals surface area contributed by atoms with Crippen LogP contribution in [-0.2, 0) is 74.8 Å². The lowest BCUT2D eigenvalue weighted by atomic mass is 10.1.